The normalized spacial score (nSPS) is 10.9. The lowest BCUT2D eigenvalue weighted by atomic mass is 10.1. The van der Waals surface area contributed by atoms with E-state index in [0.717, 1.165) is 28.7 Å². The number of aryl methyl sites for hydroxylation is 1. The van der Waals surface area contributed by atoms with Gasteiger partial charge in [0.15, 0.2) is 11.0 Å². The van der Waals surface area contributed by atoms with Gasteiger partial charge in [0, 0.05) is 12.1 Å². The second-order valence-corrected chi connectivity index (χ2v) is 6.10. The minimum absolute atomic E-state index is 0.0204. The minimum Gasteiger partial charge on any atom is -0.302 e. The molecule has 2 heterocycles. The van der Waals surface area contributed by atoms with Crippen molar-refractivity contribution >= 4 is 17.4 Å². The zero-order valence-electron chi connectivity index (χ0n) is 13.3. The summed E-state index contributed by atoms with van der Waals surface area (Å²) in [7, 11) is 0. The van der Waals surface area contributed by atoms with Crippen LogP contribution in [0, 0.1) is 17.0 Å². The molecule has 0 aliphatic carbocycles. The van der Waals surface area contributed by atoms with Crippen LogP contribution < -0.4 is 0 Å². The van der Waals surface area contributed by atoms with E-state index in [1.54, 1.807) is 0 Å². The zero-order chi connectivity index (χ0) is 17.1. The van der Waals surface area contributed by atoms with Gasteiger partial charge in [0.1, 0.15) is 12.4 Å². The van der Waals surface area contributed by atoms with Crippen LogP contribution in [0.4, 0.5) is 5.69 Å². The van der Waals surface area contributed by atoms with Crippen molar-refractivity contribution in [3.05, 3.63) is 52.3 Å². The Labute approximate surface area is 142 Å². The van der Waals surface area contributed by atoms with Gasteiger partial charge in [-0.15, -0.1) is 10.2 Å². The SMILES string of the molecule is CCn1c(SCn2cc([N+](=O)[O-])cn2)nnc1-c1cccc(C)c1. The highest BCUT2D eigenvalue weighted by atomic mass is 32.2. The quantitative estimate of drug-likeness (QED) is 0.387. The van der Waals surface area contributed by atoms with Gasteiger partial charge in [-0.25, -0.2) is 0 Å². The molecular weight excluding hydrogens is 328 g/mol. The summed E-state index contributed by atoms with van der Waals surface area (Å²) in [6.45, 7) is 4.81. The van der Waals surface area contributed by atoms with Crippen LogP contribution >= 0.6 is 11.8 Å². The fourth-order valence-electron chi connectivity index (χ4n) is 2.32. The van der Waals surface area contributed by atoms with Crippen molar-refractivity contribution in [2.45, 2.75) is 31.4 Å². The number of nitrogens with zero attached hydrogens (tertiary/aromatic N) is 6. The summed E-state index contributed by atoms with van der Waals surface area (Å²) in [6.07, 6.45) is 2.64. The molecule has 1 aromatic carbocycles. The van der Waals surface area contributed by atoms with Gasteiger partial charge in [-0.05, 0) is 19.9 Å². The number of hydrogen-bond acceptors (Lipinski definition) is 6. The highest BCUT2D eigenvalue weighted by Crippen LogP contribution is 2.25. The van der Waals surface area contributed by atoms with Gasteiger partial charge in [-0.1, -0.05) is 35.5 Å². The molecule has 0 atom stereocenters. The van der Waals surface area contributed by atoms with Crippen molar-refractivity contribution in [2.75, 3.05) is 0 Å². The Kier molecular flexibility index (Phi) is 4.61. The predicted molar refractivity (Wildman–Crippen MR) is 90.6 cm³/mol. The molecule has 8 nitrogen and oxygen atoms in total. The summed E-state index contributed by atoms with van der Waals surface area (Å²) in [5.74, 6) is 1.25. The maximum Gasteiger partial charge on any atom is 0.307 e. The van der Waals surface area contributed by atoms with Crippen LogP contribution in [0.2, 0.25) is 0 Å². The van der Waals surface area contributed by atoms with Gasteiger partial charge in [0.25, 0.3) is 0 Å². The summed E-state index contributed by atoms with van der Waals surface area (Å²) in [5, 5.41) is 24.0. The van der Waals surface area contributed by atoms with Gasteiger partial charge in [0.2, 0.25) is 0 Å². The standard InChI is InChI=1S/C15H16N6O2S/c1-3-20-14(12-6-4-5-11(2)7-12)17-18-15(20)24-10-19-9-13(8-16-19)21(22)23/h4-9H,3,10H2,1-2H3. The van der Waals surface area contributed by atoms with Gasteiger partial charge in [-0.3, -0.25) is 14.8 Å². The lowest BCUT2D eigenvalue weighted by Crippen LogP contribution is -2.02. The largest absolute Gasteiger partial charge is 0.307 e. The van der Waals surface area contributed by atoms with Crippen LogP contribution in [0.3, 0.4) is 0 Å². The summed E-state index contributed by atoms with van der Waals surface area (Å²) in [5.41, 5.74) is 2.16. The molecule has 0 N–H and O–H groups in total. The van der Waals surface area contributed by atoms with Crippen molar-refractivity contribution in [3.63, 3.8) is 0 Å². The smallest absolute Gasteiger partial charge is 0.302 e. The molecule has 0 radical (unpaired) electrons. The first-order valence-electron chi connectivity index (χ1n) is 7.38. The number of aromatic nitrogens is 5. The highest BCUT2D eigenvalue weighted by molar-refractivity contribution is 7.98. The monoisotopic (exact) mass is 344 g/mol. The van der Waals surface area contributed by atoms with Crippen molar-refractivity contribution in [3.8, 4) is 11.4 Å². The highest BCUT2D eigenvalue weighted by Gasteiger charge is 2.14. The number of benzene rings is 1. The number of nitro groups is 1. The molecule has 3 rings (SSSR count). The first-order valence-corrected chi connectivity index (χ1v) is 8.37. The Balaban J connectivity index is 1.80. The van der Waals surface area contributed by atoms with Crippen LogP contribution in [0.1, 0.15) is 12.5 Å². The topological polar surface area (TPSA) is 91.7 Å². The number of rotatable bonds is 6. The molecule has 0 aliphatic rings. The number of thioether (sulfide) groups is 1. The van der Waals surface area contributed by atoms with Crippen LogP contribution in [-0.4, -0.2) is 29.5 Å². The van der Waals surface area contributed by atoms with Gasteiger partial charge < -0.3 is 4.57 Å². The van der Waals surface area contributed by atoms with E-state index >= 15 is 0 Å². The molecule has 24 heavy (non-hydrogen) atoms. The molecule has 0 saturated heterocycles. The average Bonchev–Trinajstić information content (AvgIpc) is 3.19. The molecule has 0 amide bonds. The molecule has 9 heteroatoms. The van der Waals surface area contributed by atoms with Crippen molar-refractivity contribution in [1.29, 1.82) is 0 Å². The molecular formula is C15H16N6O2S. The van der Waals surface area contributed by atoms with Crippen LogP contribution in [0.5, 0.6) is 0 Å². The molecule has 0 unspecified atom stereocenters. The molecule has 3 aromatic rings. The summed E-state index contributed by atoms with van der Waals surface area (Å²) < 4.78 is 3.54. The van der Waals surface area contributed by atoms with Crippen molar-refractivity contribution in [2.24, 2.45) is 0 Å². The average molecular weight is 344 g/mol. The fraction of sp³-hybridized carbons (Fsp3) is 0.267. The molecule has 124 valence electrons. The van der Waals surface area contributed by atoms with E-state index < -0.39 is 4.92 Å². The fourth-order valence-corrected chi connectivity index (χ4v) is 3.18. The third-order valence-electron chi connectivity index (χ3n) is 3.47. The summed E-state index contributed by atoms with van der Waals surface area (Å²) >= 11 is 1.44. The lowest BCUT2D eigenvalue weighted by molar-refractivity contribution is -0.385. The zero-order valence-corrected chi connectivity index (χ0v) is 14.1. The third-order valence-corrected chi connectivity index (χ3v) is 4.42. The van der Waals surface area contributed by atoms with E-state index in [1.807, 2.05) is 36.6 Å². The van der Waals surface area contributed by atoms with Crippen molar-refractivity contribution < 1.29 is 4.92 Å². The molecule has 0 bridgehead atoms. The molecule has 0 saturated carbocycles. The first-order chi connectivity index (χ1) is 11.6. The number of hydrogen-bond donors (Lipinski definition) is 0. The van der Waals surface area contributed by atoms with E-state index in [9.17, 15) is 10.1 Å². The lowest BCUT2D eigenvalue weighted by Gasteiger charge is -2.07. The Morgan fingerprint density at radius 2 is 2.17 bits per heavy atom. The maximum absolute atomic E-state index is 10.7. The van der Waals surface area contributed by atoms with E-state index in [2.05, 4.69) is 21.4 Å². The second kappa shape index (κ2) is 6.83. The van der Waals surface area contributed by atoms with Gasteiger partial charge >= 0.3 is 5.69 Å². The Bertz CT molecular complexity index is 872. The van der Waals surface area contributed by atoms with Gasteiger partial charge in [0.05, 0.1) is 10.8 Å². The van der Waals surface area contributed by atoms with Crippen LogP contribution in [-0.2, 0) is 12.4 Å². The maximum atomic E-state index is 10.7. The predicted octanol–water partition coefficient (Wildman–Crippen LogP) is 3.13. The Hall–Kier alpha value is -2.68. The van der Waals surface area contributed by atoms with E-state index in [4.69, 9.17) is 0 Å². The molecule has 0 fully saturated rings. The summed E-state index contributed by atoms with van der Waals surface area (Å²) in [4.78, 5) is 10.2. The van der Waals surface area contributed by atoms with E-state index in [1.165, 1.54) is 28.8 Å². The van der Waals surface area contributed by atoms with Gasteiger partial charge in [-0.2, -0.15) is 5.10 Å². The van der Waals surface area contributed by atoms with E-state index in [-0.39, 0.29) is 5.69 Å². The second-order valence-electron chi connectivity index (χ2n) is 5.19. The summed E-state index contributed by atoms with van der Waals surface area (Å²) in [6, 6.07) is 8.11. The Morgan fingerprint density at radius 1 is 1.33 bits per heavy atom. The van der Waals surface area contributed by atoms with Crippen molar-refractivity contribution in [1.82, 2.24) is 24.5 Å². The molecule has 0 aliphatic heterocycles. The molecule has 0 spiro atoms. The Morgan fingerprint density at radius 3 is 2.83 bits per heavy atom. The third kappa shape index (κ3) is 3.30. The van der Waals surface area contributed by atoms with Crippen LogP contribution in [0.15, 0.2) is 41.8 Å². The minimum atomic E-state index is -0.460. The van der Waals surface area contributed by atoms with Crippen LogP contribution in [0.25, 0.3) is 11.4 Å². The van der Waals surface area contributed by atoms with E-state index in [0.29, 0.717) is 5.88 Å². The first kappa shape index (κ1) is 16.2. The molecule has 2 aromatic heterocycles.